The van der Waals surface area contributed by atoms with E-state index in [0.29, 0.717) is 13.0 Å². The summed E-state index contributed by atoms with van der Waals surface area (Å²) in [5, 5.41) is 20.4. The topological polar surface area (TPSA) is 116 Å². The molecule has 2 rings (SSSR count). The van der Waals surface area contributed by atoms with Crippen molar-refractivity contribution in [1.29, 1.82) is 0 Å². The van der Waals surface area contributed by atoms with Crippen LogP contribution >= 0.6 is 0 Å². The van der Waals surface area contributed by atoms with Crippen LogP contribution in [-0.4, -0.2) is 63.9 Å². The van der Waals surface area contributed by atoms with Crippen LogP contribution in [0.3, 0.4) is 0 Å². The number of likely N-dealkylation sites (tertiary alicyclic amines) is 1. The summed E-state index contributed by atoms with van der Waals surface area (Å²) in [5.41, 5.74) is -0.586. The summed E-state index contributed by atoms with van der Waals surface area (Å²) in [6.45, 7) is 6.63. The zero-order valence-electron chi connectivity index (χ0n) is 15.3. The van der Waals surface area contributed by atoms with Gasteiger partial charge in [-0.05, 0) is 59.4 Å². The van der Waals surface area contributed by atoms with E-state index in [2.05, 4.69) is 5.32 Å². The first-order valence-electron chi connectivity index (χ1n) is 8.80. The van der Waals surface area contributed by atoms with Crippen LogP contribution in [0.4, 0.5) is 4.79 Å². The van der Waals surface area contributed by atoms with Crippen LogP contribution in [0, 0.1) is 0 Å². The fourth-order valence-electron chi connectivity index (χ4n) is 2.79. The van der Waals surface area contributed by atoms with Crippen molar-refractivity contribution in [3.63, 3.8) is 0 Å². The Bertz CT molecular complexity index is 468. The van der Waals surface area contributed by atoms with Gasteiger partial charge in [0.1, 0.15) is 17.7 Å². The van der Waals surface area contributed by atoms with Crippen molar-refractivity contribution in [2.45, 2.75) is 77.0 Å². The van der Waals surface area contributed by atoms with Crippen molar-refractivity contribution in [3.05, 3.63) is 0 Å². The number of aliphatic carboxylic acids is 2. The number of rotatable bonds is 2. The predicted octanol–water partition coefficient (Wildman–Crippen LogP) is 2.07. The summed E-state index contributed by atoms with van der Waals surface area (Å²) in [5.74, 6) is -1.67. The molecule has 2 fully saturated rings. The lowest BCUT2D eigenvalue weighted by atomic mass is 10.0. The van der Waals surface area contributed by atoms with Crippen molar-refractivity contribution in [3.8, 4) is 0 Å². The molecule has 25 heavy (non-hydrogen) atoms. The maximum absolute atomic E-state index is 11.8. The summed E-state index contributed by atoms with van der Waals surface area (Å²) in [4.78, 5) is 34.4. The van der Waals surface area contributed by atoms with Crippen molar-refractivity contribution in [1.82, 2.24) is 10.2 Å². The molecule has 0 radical (unpaired) electrons. The second kappa shape index (κ2) is 9.60. The molecule has 8 heteroatoms. The Kier molecular flexibility index (Phi) is 8.15. The summed E-state index contributed by atoms with van der Waals surface area (Å²) in [6, 6.07) is -1.01. The second-order valence-electron chi connectivity index (χ2n) is 7.36. The van der Waals surface area contributed by atoms with Crippen molar-refractivity contribution < 1.29 is 29.3 Å². The number of amides is 1. The smallest absolute Gasteiger partial charge is 0.411 e. The third-order valence-electron chi connectivity index (χ3n) is 4.02. The lowest BCUT2D eigenvalue weighted by Crippen LogP contribution is -2.49. The fraction of sp³-hybridized carbons (Fsp3) is 0.824. The van der Waals surface area contributed by atoms with Gasteiger partial charge in [-0.25, -0.2) is 9.59 Å². The van der Waals surface area contributed by atoms with Gasteiger partial charge in [-0.1, -0.05) is 6.42 Å². The van der Waals surface area contributed by atoms with Gasteiger partial charge in [0.25, 0.3) is 0 Å². The summed E-state index contributed by atoms with van der Waals surface area (Å²) in [6.07, 6.45) is 4.61. The molecule has 0 aliphatic carbocycles. The fourth-order valence-corrected chi connectivity index (χ4v) is 2.79. The van der Waals surface area contributed by atoms with E-state index in [9.17, 15) is 14.4 Å². The third-order valence-corrected chi connectivity index (χ3v) is 4.02. The molecule has 2 saturated heterocycles. The number of ether oxygens (including phenoxy) is 1. The summed E-state index contributed by atoms with van der Waals surface area (Å²) in [7, 11) is 0. The number of nitrogens with one attached hydrogen (secondary N) is 1. The number of carboxylic acids is 2. The molecule has 2 aliphatic heterocycles. The van der Waals surface area contributed by atoms with Gasteiger partial charge in [0, 0.05) is 6.54 Å². The zero-order valence-corrected chi connectivity index (χ0v) is 15.3. The predicted molar refractivity (Wildman–Crippen MR) is 91.5 cm³/mol. The Morgan fingerprint density at radius 1 is 1.00 bits per heavy atom. The molecule has 1 amide bonds. The quantitative estimate of drug-likeness (QED) is 0.692. The number of nitrogens with zero attached hydrogens (tertiary/aromatic N) is 1. The SMILES string of the molecule is CC(C)(C)OC(=O)N1CCCCC1C(=O)O.O=C(O)C1CCCCN1. The number of carbonyl (C=O) groups excluding carboxylic acids is 1. The van der Waals surface area contributed by atoms with Crippen LogP contribution in [0.5, 0.6) is 0 Å². The molecule has 0 aromatic carbocycles. The molecule has 144 valence electrons. The first kappa shape index (κ1) is 21.2. The van der Waals surface area contributed by atoms with Crippen molar-refractivity contribution in [2.24, 2.45) is 0 Å². The van der Waals surface area contributed by atoms with Gasteiger partial charge in [-0.15, -0.1) is 0 Å². The molecule has 2 unspecified atom stereocenters. The van der Waals surface area contributed by atoms with Gasteiger partial charge in [0.15, 0.2) is 0 Å². The van der Waals surface area contributed by atoms with Gasteiger partial charge in [-0.2, -0.15) is 0 Å². The van der Waals surface area contributed by atoms with Crippen LogP contribution < -0.4 is 5.32 Å². The Balaban J connectivity index is 0.000000293. The first-order chi connectivity index (χ1) is 11.6. The highest BCUT2D eigenvalue weighted by Gasteiger charge is 2.34. The lowest BCUT2D eigenvalue weighted by Gasteiger charge is -2.34. The van der Waals surface area contributed by atoms with E-state index in [4.69, 9.17) is 14.9 Å². The van der Waals surface area contributed by atoms with Gasteiger partial charge >= 0.3 is 18.0 Å². The van der Waals surface area contributed by atoms with Crippen molar-refractivity contribution >= 4 is 18.0 Å². The van der Waals surface area contributed by atoms with E-state index >= 15 is 0 Å². The van der Waals surface area contributed by atoms with Crippen LogP contribution in [-0.2, 0) is 14.3 Å². The van der Waals surface area contributed by atoms with E-state index in [1.807, 2.05) is 0 Å². The van der Waals surface area contributed by atoms with Gasteiger partial charge < -0.3 is 20.3 Å². The molecule has 0 saturated carbocycles. The minimum atomic E-state index is -0.953. The molecule has 0 aromatic rings. The van der Waals surface area contributed by atoms with E-state index in [1.165, 1.54) is 4.90 Å². The molecule has 0 bridgehead atoms. The number of hydrogen-bond acceptors (Lipinski definition) is 5. The molecule has 8 nitrogen and oxygen atoms in total. The Morgan fingerprint density at radius 2 is 1.64 bits per heavy atom. The molecule has 2 heterocycles. The minimum Gasteiger partial charge on any atom is -0.480 e. The second-order valence-corrected chi connectivity index (χ2v) is 7.36. The highest BCUT2D eigenvalue weighted by Crippen LogP contribution is 2.20. The van der Waals surface area contributed by atoms with E-state index < -0.39 is 29.7 Å². The Hall–Kier alpha value is -1.83. The van der Waals surface area contributed by atoms with Crippen molar-refractivity contribution in [2.75, 3.05) is 13.1 Å². The van der Waals surface area contributed by atoms with E-state index in [0.717, 1.165) is 38.6 Å². The minimum absolute atomic E-state index is 0.279. The first-order valence-corrected chi connectivity index (χ1v) is 8.80. The molecule has 2 atom stereocenters. The Morgan fingerprint density at radius 3 is 2.08 bits per heavy atom. The average molecular weight is 358 g/mol. The molecule has 0 aromatic heterocycles. The van der Waals surface area contributed by atoms with Crippen LogP contribution in [0.15, 0.2) is 0 Å². The van der Waals surface area contributed by atoms with Gasteiger partial charge in [0.05, 0.1) is 0 Å². The van der Waals surface area contributed by atoms with E-state index in [-0.39, 0.29) is 6.04 Å². The molecular formula is C17H30N2O6. The molecule has 3 N–H and O–H groups in total. The monoisotopic (exact) mass is 358 g/mol. The largest absolute Gasteiger partial charge is 0.480 e. The number of hydrogen-bond donors (Lipinski definition) is 3. The average Bonchev–Trinajstić information content (AvgIpc) is 2.54. The summed E-state index contributed by atoms with van der Waals surface area (Å²) >= 11 is 0. The lowest BCUT2D eigenvalue weighted by molar-refractivity contribution is -0.144. The standard InChI is InChI=1S/C11H19NO4.C6H11NO2/c1-11(2,3)16-10(15)12-7-5-4-6-8(12)9(13)14;8-6(9)5-3-1-2-4-7-5/h8H,4-7H2,1-3H3,(H,13,14);5,7H,1-4H2,(H,8,9). The van der Waals surface area contributed by atoms with Gasteiger partial charge in [-0.3, -0.25) is 9.69 Å². The highest BCUT2D eigenvalue weighted by atomic mass is 16.6. The highest BCUT2D eigenvalue weighted by molar-refractivity contribution is 5.80. The molecule has 0 spiro atoms. The van der Waals surface area contributed by atoms with Gasteiger partial charge in [0.2, 0.25) is 0 Å². The number of carboxylic acid groups (broad SMARTS) is 2. The van der Waals surface area contributed by atoms with Crippen LogP contribution in [0.1, 0.15) is 59.3 Å². The van der Waals surface area contributed by atoms with Crippen LogP contribution in [0.25, 0.3) is 0 Å². The third kappa shape index (κ3) is 7.72. The maximum atomic E-state index is 11.8. The number of piperidine rings is 2. The molecule has 2 aliphatic rings. The normalized spacial score (nSPS) is 23.9. The maximum Gasteiger partial charge on any atom is 0.411 e. The summed E-state index contributed by atoms with van der Waals surface area (Å²) < 4.78 is 5.18. The number of carbonyl (C=O) groups is 3. The van der Waals surface area contributed by atoms with E-state index in [1.54, 1.807) is 20.8 Å². The van der Waals surface area contributed by atoms with Crippen LogP contribution in [0.2, 0.25) is 0 Å². The molecular weight excluding hydrogens is 328 g/mol. The zero-order chi connectivity index (χ0) is 19.0. The Labute approximate surface area is 148 Å².